The van der Waals surface area contributed by atoms with Crippen LogP contribution >= 0.6 is 0 Å². The van der Waals surface area contributed by atoms with Gasteiger partial charge in [-0.15, -0.1) is 0 Å². The molecule has 0 aromatic heterocycles. The Bertz CT molecular complexity index is 349. The zero-order chi connectivity index (χ0) is 10.8. The Morgan fingerprint density at radius 3 is 2.60 bits per heavy atom. The Hall–Kier alpha value is -1.38. The Morgan fingerprint density at radius 2 is 2.00 bits per heavy atom. The number of anilines is 3. The summed E-state index contributed by atoms with van der Waals surface area (Å²) in [5.41, 5.74) is 13.8. The van der Waals surface area contributed by atoms with Gasteiger partial charge < -0.3 is 16.8 Å². The zero-order valence-electron chi connectivity index (χ0n) is 9.16. The molecule has 1 aliphatic rings. The van der Waals surface area contributed by atoms with Crippen molar-refractivity contribution in [2.45, 2.75) is 32.2 Å². The van der Waals surface area contributed by atoms with E-state index >= 15 is 0 Å². The maximum atomic E-state index is 5.76. The van der Waals surface area contributed by atoms with E-state index in [0.29, 0.717) is 17.4 Å². The van der Waals surface area contributed by atoms with Crippen molar-refractivity contribution in [1.82, 2.24) is 0 Å². The molecule has 0 heterocycles. The van der Waals surface area contributed by atoms with E-state index < -0.39 is 0 Å². The molecule has 5 N–H and O–H groups in total. The van der Waals surface area contributed by atoms with Crippen LogP contribution in [-0.2, 0) is 0 Å². The first-order valence-electron chi connectivity index (χ1n) is 5.56. The third-order valence-corrected chi connectivity index (χ3v) is 3.15. The number of nitrogens with one attached hydrogen (secondary N) is 1. The highest BCUT2D eigenvalue weighted by Crippen LogP contribution is 2.28. The minimum atomic E-state index is 0.600. The van der Waals surface area contributed by atoms with Gasteiger partial charge in [-0.25, -0.2) is 0 Å². The van der Waals surface area contributed by atoms with E-state index in [2.05, 4.69) is 12.2 Å². The van der Waals surface area contributed by atoms with Gasteiger partial charge in [-0.3, -0.25) is 0 Å². The van der Waals surface area contributed by atoms with Gasteiger partial charge in [0.25, 0.3) is 0 Å². The lowest BCUT2D eigenvalue weighted by molar-refractivity contribution is 0.602. The van der Waals surface area contributed by atoms with Gasteiger partial charge in [0.1, 0.15) is 0 Å². The number of nitrogen functional groups attached to an aromatic ring is 2. The Kier molecular flexibility index (Phi) is 2.71. The smallest absolute Gasteiger partial charge is 0.0568 e. The maximum absolute atomic E-state index is 5.76. The average molecular weight is 205 g/mol. The minimum absolute atomic E-state index is 0.600. The van der Waals surface area contributed by atoms with Gasteiger partial charge in [-0.05, 0) is 43.4 Å². The van der Waals surface area contributed by atoms with Gasteiger partial charge in [-0.2, -0.15) is 0 Å². The molecule has 0 saturated heterocycles. The first kappa shape index (κ1) is 10.1. The van der Waals surface area contributed by atoms with Gasteiger partial charge in [0.05, 0.1) is 11.4 Å². The van der Waals surface area contributed by atoms with Crippen LogP contribution in [0.15, 0.2) is 18.2 Å². The van der Waals surface area contributed by atoms with Crippen molar-refractivity contribution in [3.63, 3.8) is 0 Å². The van der Waals surface area contributed by atoms with E-state index in [1.165, 1.54) is 19.3 Å². The van der Waals surface area contributed by atoms with Gasteiger partial charge in [0.15, 0.2) is 0 Å². The third kappa shape index (κ3) is 2.35. The van der Waals surface area contributed by atoms with E-state index in [1.807, 2.05) is 18.2 Å². The summed E-state index contributed by atoms with van der Waals surface area (Å²) in [7, 11) is 0. The van der Waals surface area contributed by atoms with Crippen LogP contribution in [0.3, 0.4) is 0 Å². The highest BCUT2D eigenvalue weighted by atomic mass is 14.9. The summed E-state index contributed by atoms with van der Waals surface area (Å²) in [6.07, 6.45) is 3.83. The first-order valence-corrected chi connectivity index (χ1v) is 5.56. The highest BCUT2D eigenvalue weighted by molar-refractivity contribution is 5.69. The standard InChI is InChI=1S/C12H19N3/c1-8-2-3-9(6-8)15-10-4-5-11(13)12(14)7-10/h4-5,7-9,15H,2-3,6,13-14H2,1H3. The lowest BCUT2D eigenvalue weighted by Crippen LogP contribution is -2.15. The van der Waals surface area contributed by atoms with Crippen molar-refractivity contribution in [2.24, 2.45) is 5.92 Å². The number of benzene rings is 1. The Balaban J connectivity index is 2.02. The van der Waals surface area contributed by atoms with Gasteiger partial charge in [0.2, 0.25) is 0 Å². The second-order valence-corrected chi connectivity index (χ2v) is 4.60. The minimum Gasteiger partial charge on any atom is -0.397 e. The molecular formula is C12H19N3. The third-order valence-electron chi connectivity index (χ3n) is 3.15. The van der Waals surface area contributed by atoms with E-state index in [4.69, 9.17) is 11.5 Å². The van der Waals surface area contributed by atoms with E-state index in [0.717, 1.165) is 11.6 Å². The molecule has 1 aromatic rings. The van der Waals surface area contributed by atoms with Crippen LogP contribution in [0.4, 0.5) is 17.1 Å². The van der Waals surface area contributed by atoms with Crippen molar-refractivity contribution in [3.8, 4) is 0 Å². The molecule has 15 heavy (non-hydrogen) atoms. The molecule has 2 unspecified atom stereocenters. The lowest BCUT2D eigenvalue weighted by Gasteiger charge is -2.14. The highest BCUT2D eigenvalue weighted by Gasteiger charge is 2.20. The summed E-state index contributed by atoms with van der Waals surface area (Å²) in [6, 6.07) is 6.37. The molecule has 1 aromatic carbocycles. The number of hydrogen-bond donors (Lipinski definition) is 3. The Morgan fingerprint density at radius 1 is 1.20 bits per heavy atom. The number of rotatable bonds is 2. The fraction of sp³-hybridized carbons (Fsp3) is 0.500. The fourth-order valence-electron chi connectivity index (χ4n) is 2.24. The van der Waals surface area contributed by atoms with Crippen LogP contribution in [0.1, 0.15) is 26.2 Å². The summed E-state index contributed by atoms with van der Waals surface area (Å²) in [5.74, 6) is 0.841. The summed E-state index contributed by atoms with van der Waals surface area (Å²) in [6.45, 7) is 2.30. The second kappa shape index (κ2) is 4.01. The van der Waals surface area contributed by atoms with E-state index in [9.17, 15) is 0 Å². The van der Waals surface area contributed by atoms with Crippen LogP contribution in [0.5, 0.6) is 0 Å². The molecule has 2 rings (SSSR count). The van der Waals surface area contributed by atoms with E-state index in [1.54, 1.807) is 0 Å². The molecule has 3 nitrogen and oxygen atoms in total. The largest absolute Gasteiger partial charge is 0.397 e. The van der Waals surface area contributed by atoms with Gasteiger partial charge >= 0.3 is 0 Å². The summed E-state index contributed by atoms with van der Waals surface area (Å²) >= 11 is 0. The van der Waals surface area contributed by atoms with Crippen molar-refractivity contribution in [3.05, 3.63) is 18.2 Å². The van der Waals surface area contributed by atoms with Crippen LogP contribution in [0, 0.1) is 5.92 Å². The molecule has 0 aliphatic heterocycles. The molecule has 82 valence electrons. The molecule has 3 heteroatoms. The molecule has 0 radical (unpaired) electrons. The number of nitrogens with two attached hydrogens (primary N) is 2. The predicted octanol–water partition coefficient (Wildman–Crippen LogP) is 2.45. The monoisotopic (exact) mass is 205 g/mol. The average Bonchev–Trinajstić information content (AvgIpc) is 2.58. The van der Waals surface area contributed by atoms with Crippen LogP contribution in [0.25, 0.3) is 0 Å². The molecule has 0 spiro atoms. The van der Waals surface area contributed by atoms with Crippen LogP contribution in [0.2, 0.25) is 0 Å². The topological polar surface area (TPSA) is 64.1 Å². The van der Waals surface area contributed by atoms with Crippen molar-refractivity contribution < 1.29 is 0 Å². The Labute approximate surface area is 90.8 Å². The molecule has 1 fully saturated rings. The summed E-state index contributed by atoms with van der Waals surface area (Å²) in [4.78, 5) is 0. The van der Waals surface area contributed by atoms with Crippen molar-refractivity contribution in [2.75, 3.05) is 16.8 Å². The second-order valence-electron chi connectivity index (χ2n) is 4.60. The van der Waals surface area contributed by atoms with E-state index in [-0.39, 0.29) is 0 Å². The predicted molar refractivity (Wildman–Crippen MR) is 65.7 cm³/mol. The first-order chi connectivity index (χ1) is 7.15. The molecular weight excluding hydrogens is 186 g/mol. The maximum Gasteiger partial charge on any atom is 0.0568 e. The SMILES string of the molecule is CC1CCC(Nc2ccc(N)c(N)c2)C1. The quantitative estimate of drug-likeness (QED) is 0.650. The molecule has 2 atom stereocenters. The van der Waals surface area contributed by atoms with Crippen LogP contribution < -0.4 is 16.8 Å². The fourth-order valence-corrected chi connectivity index (χ4v) is 2.24. The summed E-state index contributed by atoms with van der Waals surface area (Å²) < 4.78 is 0. The normalized spacial score (nSPS) is 25.4. The zero-order valence-corrected chi connectivity index (χ0v) is 9.16. The molecule has 0 amide bonds. The molecule has 0 bridgehead atoms. The lowest BCUT2D eigenvalue weighted by atomic mass is 10.1. The van der Waals surface area contributed by atoms with Crippen molar-refractivity contribution >= 4 is 17.1 Å². The van der Waals surface area contributed by atoms with Gasteiger partial charge in [0, 0.05) is 11.7 Å². The molecule has 1 aliphatic carbocycles. The summed E-state index contributed by atoms with van der Waals surface area (Å²) in [5, 5.41) is 3.50. The van der Waals surface area contributed by atoms with Crippen LogP contribution in [-0.4, -0.2) is 6.04 Å². The molecule has 1 saturated carbocycles. The number of hydrogen-bond acceptors (Lipinski definition) is 3. The van der Waals surface area contributed by atoms with Crippen molar-refractivity contribution in [1.29, 1.82) is 0 Å². The van der Waals surface area contributed by atoms with Gasteiger partial charge in [-0.1, -0.05) is 6.92 Å².